The first-order valence-corrected chi connectivity index (χ1v) is 5.81. The Labute approximate surface area is 109 Å². The number of aliphatic hydroxyl groups excluding tert-OH is 2. The molecule has 6 heteroatoms. The average molecular weight is 285 g/mol. The van der Waals surface area contributed by atoms with Crippen LogP contribution < -0.4 is 5.73 Å². The van der Waals surface area contributed by atoms with Crippen LogP contribution in [0.2, 0.25) is 15.1 Å². The number of hydrogen-bond acceptors (Lipinski definition) is 3. The molecule has 0 bridgehead atoms. The Morgan fingerprint density at radius 1 is 1.19 bits per heavy atom. The summed E-state index contributed by atoms with van der Waals surface area (Å²) in [6.07, 6.45) is -1.87. The van der Waals surface area contributed by atoms with E-state index in [0.717, 1.165) is 0 Å². The molecule has 1 aromatic carbocycles. The molecule has 0 aliphatic heterocycles. The molecule has 1 aromatic rings. The van der Waals surface area contributed by atoms with Crippen molar-refractivity contribution in [3.8, 4) is 0 Å². The maximum absolute atomic E-state index is 9.84. The van der Waals surface area contributed by atoms with E-state index in [4.69, 9.17) is 40.5 Å². The first kappa shape index (κ1) is 14.0. The Kier molecular flexibility index (Phi) is 5.31. The van der Waals surface area contributed by atoms with Crippen molar-refractivity contribution in [1.29, 1.82) is 0 Å². The van der Waals surface area contributed by atoms with E-state index in [0.29, 0.717) is 10.6 Å². The van der Waals surface area contributed by atoms with Crippen LogP contribution in [0.15, 0.2) is 12.1 Å². The van der Waals surface area contributed by atoms with E-state index >= 15 is 0 Å². The van der Waals surface area contributed by atoms with E-state index in [1.54, 1.807) is 0 Å². The lowest BCUT2D eigenvalue weighted by atomic mass is 10.0. The third-order valence-electron chi connectivity index (χ3n) is 2.17. The van der Waals surface area contributed by atoms with E-state index in [1.165, 1.54) is 12.1 Å². The van der Waals surface area contributed by atoms with E-state index in [-0.39, 0.29) is 23.0 Å². The molecule has 0 saturated heterocycles. The SMILES string of the molecule is NCCC(O)C(O)c1cc(Cl)cc(Cl)c1Cl. The Bertz CT molecular complexity index is 373. The largest absolute Gasteiger partial charge is 0.390 e. The summed E-state index contributed by atoms with van der Waals surface area (Å²) in [4.78, 5) is 0. The topological polar surface area (TPSA) is 66.5 Å². The summed E-state index contributed by atoms with van der Waals surface area (Å²) in [7, 11) is 0. The second-order valence-corrected chi connectivity index (χ2v) is 4.60. The molecule has 2 unspecified atom stereocenters. The fourth-order valence-electron chi connectivity index (χ4n) is 1.33. The number of nitrogens with two attached hydrogens (primary N) is 1. The van der Waals surface area contributed by atoms with Gasteiger partial charge in [-0.3, -0.25) is 0 Å². The molecule has 0 spiro atoms. The Morgan fingerprint density at radius 3 is 2.38 bits per heavy atom. The van der Waals surface area contributed by atoms with Crippen LogP contribution in [-0.4, -0.2) is 22.9 Å². The standard InChI is InChI=1S/C10H12Cl3NO2/c11-5-3-6(9(13)7(12)4-5)10(16)8(15)1-2-14/h3-4,8,10,15-16H,1-2,14H2. The number of benzene rings is 1. The van der Waals surface area contributed by atoms with Gasteiger partial charge in [0, 0.05) is 10.6 Å². The van der Waals surface area contributed by atoms with Crippen molar-refractivity contribution in [3.05, 3.63) is 32.8 Å². The van der Waals surface area contributed by atoms with Gasteiger partial charge in [-0.1, -0.05) is 34.8 Å². The summed E-state index contributed by atoms with van der Waals surface area (Å²) in [6, 6.07) is 2.94. The lowest BCUT2D eigenvalue weighted by Crippen LogP contribution is -2.22. The molecule has 1 rings (SSSR count). The third-order valence-corrected chi connectivity index (χ3v) is 3.20. The van der Waals surface area contributed by atoms with E-state index in [9.17, 15) is 10.2 Å². The maximum Gasteiger partial charge on any atom is 0.106 e. The Hall–Kier alpha value is -0.0300. The molecule has 0 fully saturated rings. The Balaban J connectivity index is 3.03. The van der Waals surface area contributed by atoms with Crippen molar-refractivity contribution in [2.45, 2.75) is 18.6 Å². The highest BCUT2D eigenvalue weighted by Gasteiger charge is 2.21. The predicted octanol–water partition coefficient (Wildman–Crippen LogP) is 2.39. The van der Waals surface area contributed by atoms with E-state index in [1.807, 2.05) is 0 Å². The van der Waals surface area contributed by atoms with Crippen molar-refractivity contribution in [3.63, 3.8) is 0 Å². The van der Waals surface area contributed by atoms with Crippen molar-refractivity contribution >= 4 is 34.8 Å². The van der Waals surface area contributed by atoms with Crippen molar-refractivity contribution in [1.82, 2.24) is 0 Å². The molecule has 2 atom stereocenters. The van der Waals surface area contributed by atoms with Gasteiger partial charge in [0.2, 0.25) is 0 Å². The predicted molar refractivity (Wildman–Crippen MR) is 66.1 cm³/mol. The second kappa shape index (κ2) is 6.05. The normalized spacial score (nSPS) is 14.9. The quantitative estimate of drug-likeness (QED) is 0.744. The van der Waals surface area contributed by atoms with Gasteiger partial charge in [0.25, 0.3) is 0 Å². The first-order valence-electron chi connectivity index (χ1n) is 4.68. The molecule has 0 heterocycles. The molecule has 3 nitrogen and oxygen atoms in total. The zero-order valence-electron chi connectivity index (χ0n) is 8.33. The third kappa shape index (κ3) is 3.23. The van der Waals surface area contributed by atoms with Gasteiger partial charge < -0.3 is 15.9 Å². The zero-order valence-corrected chi connectivity index (χ0v) is 10.6. The van der Waals surface area contributed by atoms with Crippen LogP contribution in [0.1, 0.15) is 18.1 Å². The smallest absolute Gasteiger partial charge is 0.106 e. The fraction of sp³-hybridized carbons (Fsp3) is 0.400. The molecule has 0 saturated carbocycles. The summed E-state index contributed by atoms with van der Waals surface area (Å²) in [5.41, 5.74) is 5.59. The summed E-state index contributed by atoms with van der Waals surface area (Å²) < 4.78 is 0. The zero-order chi connectivity index (χ0) is 12.3. The van der Waals surface area contributed by atoms with Gasteiger partial charge in [0.1, 0.15) is 6.10 Å². The monoisotopic (exact) mass is 283 g/mol. The minimum Gasteiger partial charge on any atom is -0.390 e. The molecule has 0 aliphatic carbocycles. The van der Waals surface area contributed by atoms with Crippen LogP contribution >= 0.6 is 34.8 Å². The highest BCUT2D eigenvalue weighted by Crippen LogP contribution is 2.34. The molecular weight excluding hydrogens is 272 g/mol. The van der Waals surface area contributed by atoms with Gasteiger partial charge in [-0.05, 0) is 25.1 Å². The molecular formula is C10H12Cl3NO2. The molecule has 0 aromatic heterocycles. The second-order valence-electron chi connectivity index (χ2n) is 3.38. The van der Waals surface area contributed by atoms with Gasteiger partial charge in [0.05, 0.1) is 16.1 Å². The van der Waals surface area contributed by atoms with Crippen LogP contribution in [0.3, 0.4) is 0 Å². The molecule has 0 amide bonds. The Morgan fingerprint density at radius 2 is 1.81 bits per heavy atom. The van der Waals surface area contributed by atoms with Crippen LogP contribution in [-0.2, 0) is 0 Å². The summed E-state index contributed by atoms with van der Waals surface area (Å²) in [6.45, 7) is 0.268. The van der Waals surface area contributed by atoms with Crippen molar-refractivity contribution in [2.24, 2.45) is 5.73 Å². The highest BCUT2D eigenvalue weighted by atomic mass is 35.5. The summed E-state index contributed by atoms with van der Waals surface area (Å²) in [5, 5.41) is 20.2. The number of halogens is 3. The number of aliphatic hydroxyl groups is 2. The minimum atomic E-state index is -1.15. The van der Waals surface area contributed by atoms with Crippen LogP contribution in [0.4, 0.5) is 0 Å². The highest BCUT2D eigenvalue weighted by molar-refractivity contribution is 6.43. The van der Waals surface area contributed by atoms with Gasteiger partial charge in [-0.2, -0.15) is 0 Å². The number of hydrogen-bond donors (Lipinski definition) is 3. The van der Waals surface area contributed by atoms with Gasteiger partial charge in [-0.15, -0.1) is 0 Å². The molecule has 0 aliphatic rings. The van der Waals surface area contributed by atoms with Crippen LogP contribution in [0, 0.1) is 0 Å². The fourth-order valence-corrected chi connectivity index (χ4v) is 2.06. The minimum absolute atomic E-state index is 0.189. The van der Waals surface area contributed by atoms with Crippen LogP contribution in [0.25, 0.3) is 0 Å². The molecule has 4 N–H and O–H groups in total. The summed E-state index contributed by atoms with van der Waals surface area (Å²) in [5.74, 6) is 0. The summed E-state index contributed by atoms with van der Waals surface area (Å²) >= 11 is 17.5. The van der Waals surface area contributed by atoms with Crippen molar-refractivity contribution < 1.29 is 10.2 Å². The average Bonchev–Trinajstić information content (AvgIpc) is 2.22. The van der Waals surface area contributed by atoms with E-state index < -0.39 is 12.2 Å². The van der Waals surface area contributed by atoms with Gasteiger partial charge in [0.15, 0.2) is 0 Å². The van der Waals surface area contributed by atoms with Gasteiger partial charge >= 0.3 is 0 Å². The van der Waals surface area contributed by atoms with Gasteiger partial charge in [-0.25, -0.2) is 0 Å². The van der Waals surface area contributed by atoms with Crippen LogP contribution in [0.5, 0.6) is 0 Å². The maximum atomic E-state index is 9.84. The lowest BCUT2D eigenvalue weighted by Gasteiger charge is -2.19. The first-order chi connectivity index (χ1) is 7.47. The lowest BCUT2D eigenvalue weighted by molar-refractivity contribution is 0.0151. The molecule has 16 heavy (non-hydrogen) atoms. The number of rotatable bonds is 4. The molecule has 90 valence electrons. The van der Waals surface area contributed by atoms with E-state index in [2.05, 4.69) is 0 Å². The molecule has 0 radical (unpaired) electrons. The van der Waals surface area contributed by atoms with Crippen molar-refractivity contribution in [2.75, 3.05) is 6.54 Å².